The highest BCUT2D eigenvalue weighted by atomic mass is 16.5. The van der Waals surface area contributed by atoms with Crippen LogP contribution >= 0.6 is 0 Å². The molecule has 0 aliphatic heterocycles. The lowest BCUT2D eigenvalue weighted by Crippen LogP contribution is -2.17. The summed E-state index contributed by atoms with van der Waals surface area (Å²) in [6.45, 7) is 6.69. The summed E-state index contributed by atoms with van der Waals surface area (Å²) in [4.78, 5) is 0. The van der Waals surface area contributed by atoms with Gasteiger partial charge in [0.25, 0.3) is 0 Å². The van der Waals surface area contributed by atoms with Crippen molar-refractivity contribution in [1.82, 2.24) is 0 Å². The Labute approximate surface area is 92.6 Å². The molecule has 0 amide bonds. The van der Waals surface area contributed by atoms with Gasteiger partial charge in [0.2, 0.25) is 0 Å². The van der Waals surface area contributed by atoms with Crippen molar-refractivity contribution < 1.29 is 4.74 Å². The first-order valence-electron chi connectivity index (χ1n) is 5.52. The van der Waals surface area contributed by atoms with Crippen molar-refractivity contribution in [2.24, 2.45) is 5.92 Å². The minimum absolute atomic E-state index is 0.497. The number of hydrogen-bond donors (Lipinski definition) is 1. The Balaban J connectivity index is 2.55. The van der Waals surface area contributed by atoms with Crippen LogP contribution in [-0.4, -0.2) is 13.2 Å². The normalized spacial score (nSPS) is 12.6. The molecule has 15 heavy (non-hydrogen) atoms. The molecule has 0 saturated carbocycles. The highest BCUT2D eigenvalue weighted by Crippen LogP contribution is 2.18. The quantitative estimate of drug-likeness (QED) is 0.797. The summed E-state index contributed by atoms with van der Waals surface area (Å²) < 4.78 is 5.18. The predicted octanol–water partition coefficient (Wildman–Crippen LogP) is 3.54. The van der Waals surface area contributed by atoms with Crippen LogP contribution in [0, 0.1) is 5.92 Å². The second kappa shape index (κ2) is 5.64. The standard InChI is InChI=1S/C13H21NO/c1-10(2)8-11(3)14-12-6-5-7-13(9-12)15-4/h5-7,9-11,14H,8H2,1-4H3/t11-/m1/s1. The molecular weight excluding hydrogens is 186 g/mol. The summed E-state index contributed by atoms with van der Waals surface area (Å²) in [5, 5.41) is 3.47. The summed E-state index contributed by atoms with van der Waals surface area (Å²) in [6, 6.07) is 8.55. The summed E-state index contributed by atoms with van der Waals surface area (Å²) in [5.74, 6) is 1.62. The van der Waals surface area contributed by atoms with E-state index in [1.807, 2.05) is 18.2 Å². The van der Waals surface area contributed by atoms with Gasteiger partial charge < -0.3 is 10.1 Å². The topological polar surface area (TPSA) is 21.3 Å². The Hall–Kier alpha value is -1.18. The van der Waals surface area contributed by atoms with E-state index in [4.69, 9.17) is 4.74 Å². The molecule has 0 radical (unpaired) electrons. The minimum atomic E-state index is 0.497. The molecule has 0 fully saturated rings. The lowest BCUT2D eigenvalue weighted by molar-refractivity contribution is 0.415. The highest BCUT2D eigenvalue weighted by molar-refractivity contribution is 5.48. The average molecular weight is 207 g/mol. The van der Waals surface area contributed by atoms with E-state index in [1.165, 1.54) is 6.42 Å². The van der Waals surface area contributed by atoms with Crippen molar-refractivity contribution in [3.63, 3.8) is 0 Å². The molecule has 1 aromatic rings. The van der Waals surface area contributed by atoms with Gasteiger partial charge in [-0.15, -0.1) is 0 Å². The van der Waals surface area contributed by atoms with E-state index in [0.29, 0.717) is 6.04 Å². The second-order valence-corrected chi connectivity index (χ2v) is 4.41. The molecule has 0 aliphatic rings. The van der Waals surface area contributed by atoms with Gasteiger partial charge in [-0.25, -0.2) is 0 Å². The number of benzene rings is 1. The SMILES string of the molecule is COc1cccc(N[C@H](C)CC(C)C)c1. The van der Waals surface area contributed by atoms with Gasteiger partial charge in [0.15, 0.2) is 0 Å². The monoisotopic (exact) mass is 207 g/mol. The smallest absolute Gasteiger partial charge is 0.120 e. The molecule has 1 N–H and O–H groups in total. The molecule has 0 unspecified atom stereocenters. The maximum atomic E-state index is 5.18. The van der Waals surface area contributed by atoms with Gasteiger partial charge in [-0.3, -0.25) is 0 Å². The molecule has 1 aromatic carbocycles. The average Bonchev–Trinajstić information content (AvgIpc) is 2.16. The Kier molecular flexibility index (Phi) is 4.47. The van der Waals surface area contributed by atoms with E-state index in [0.717, 1.165) is 17.4 Å². The lowest BCUT2D eigenvalue weighted by Gasteiger charge is -2.17. The Morgan fingerprint density at radius 2 is 2.00 bits per heavy atom. The van der Waals surface area contributed by atoms with Crippen LogP contribution in [0.1, 0.15) is 27.2 Å². The minimum Gasteiger partial charge on any atom is -0.497 e. The maximum absolute atomic E-state index is 5.18. The van der Waals surface area contributed by atoms with Crippen LogP contribution in [0.25, 0.3) is 0 Å². The fraction of sp³-hybridized carbons (Fsp3) is 0.538. The van der Waals surface area contributed by atoms with E-state index >= 15 is 0 Å². The van der Waals surface area contributed by atoms with E-state index < -0.39 is 0 Å². The molecule has 0 aliphatic carbocycles. The molecule has 0 heterocycles. The summed E-state index contributed by atoms with van der Waals surface area (Å²) in [7, 11) is 1.69. The van der Waals surface area contributed by atoms with Crippen molar-refractivity contribution in [2.75, 3.05) is 12.4 Å². The predicted molar refractivity (Wildman–Crippen MR) is 65.5 cm³/mol. The first kappa shape index (κ1) is 11.9. The Morgan fingerprint density at radius 3 is 2.60 bits per heavy atom. The number of methoxy groups -OCH3 is 1. The third-order valence-electron chi connectivity index (χ3n) is 2.31. The van der Waals surface area contributed by atoms with E-state index in [1.54, 1.807) is 7.11 Å². The van der Waals surface area contributed by atoms with Crippen LogP contribution < -0.4 is 10.1 Å². The summed E-state index contributed by atoms with van der Waals surface area (Å²) in [5.41, 5.74) is 1.13. The van der Waals surface area contributed by atoms with Crippen LogP contribution in [0.4, 0.5) is 5.69 Å². The van der Waals surface area contributed by atoms with Crippen LogP contribution in [0.15, 0.2) is 24.3 Å². The largest absolute Gasteiger partial charge is 0.497 e. The maximum Gasteiger partial charge on any atom is 0.120 e. The van der Waals surface area contributed by atoms with E-state index in [9.17, 15) is 0 Å². The number of rotatable bonds is 5. The van der Waals surface area contributed by atoms with Gasteiger partial charge in [0.1, 0.15) is 5.75 Å². The number of nitrogens with one attached hydrogen (secondary N) is 1. The van der Waals surface area contributed by atoms with Gasteiger partial charge in [-0.05, 0) is 31.4 Å². The van der Waals surface area contributed by atoms with Crippen molar-refractivity contribution >= 4 is 5.69 Å². The van der Waals surface area contributed by atoms with Crippen molar-refractivity contribution in [3.05, 3.63) is 24.3 Å². The second-order valence-electron chi connectivity index (χ2n) is 4.41. The highest BCUT2D eigenvalue weighted by Gasteiger charge is 2.04. The molecule has 0 aromatic heterocycles. The number of anilines is 1. The Bertz CT molecular complexity index is 296. The molecule has 0 saturated heterocycles. The van der Waals surface area contributed by atoms with Crippen LogP contribution in [-0.2, 0) is 0 Å². The van der Waals surface area contributed by atoms with Gasteiger partial charge in [0.05, 0.1) is 7.11 Å². The molecule has 2 nitrogen and oxygen atoms in total. The third-order valence-corrected chi connectivity index (χ3v) is 2.31. The first-order chi connectivity index (χ1) is 7.11. The van der Waals surface area contributed by atoms with Gasteiger partial charge in [-0.2, -0.15) is 0 Å². The summed E-state index contributed by atoms with van der Waals surface area (Å²) >= 11 is 0. The fourth-order valence-electron chi connectivity index (χ4n) is 1.76. The van der Waals surface area contributed by atoms with Crippen molar-refractivity contribution in [3.8, 4) is 5.75 Å². The molecule has 1 rings (SSSR count). The molecule has 84 valence electrons. The third kappa shape index (κ3) is 4.24. The number of hydrogen-bond acceptors (Lipinski definition) is 2. The van der Waals surface area contributed by atoms with Crippen LogP contribution in [0.3, 0.4) is 0 Å². The van der Waals surface area contributed by atoms with Crippen LogP contribution in [0.5, 0.6) is 5.75 Å². The lowest BCUT2D eigenvalue weighted by atomic mass is 10.1. The first-order valence-corrected chi connectivity index (χ1v) is 5.52. The fourth-order valence-corrected chi connectivity index (χ4v) is 1.76. The van der Waals surface area contributed by atoms with Gasteiger partial charge >= 0.3 is 0 Å². The van der Waals surface area contributed by atoms with Crippen molar-refractivity contribution in [2.45, 2.75) is 33.2 Å². The van der Waals surface area contributed by atoms with Gasteiger partial charge in [-0.1, -0.05) is 19.9 Å². The Morgan fingerprint density at radius 1 is 1.27 bits per heavy atom. The zero-order chi connectivity index (χ0) is 11.3. The number of ether oxygens (including phenoxy) is 1. The van der Waals surface area contributed by atoms with Gasteiger partial charge in [0, 0.05) is 17.8 Å². The molecule has 1 atom stereocenters. The van der Waals surface area contributed by atoms with Crippen LogP contribution in [0.2, 0.25) is 0 Å². The summed E-state index contributed by atoms with van der Waals surface area (Å²) in [6.07, 6.45) is 1.18. The molecular formula is C13H21NO. The van der Waals surface area contributed by atoms with E-state index in [2.05, 4.69) is 32.2 Å². The zero-order valence-electron chi connectivity index (χ0n) is 10.1. The van der Waals surface area contributed by atoms with E-state index in [-0.39, 0.29) is 0 Å². The van der Waals surface area contributed by atoms with Crippen molar-refractivity contribution in [1.29, 1.82) is 0 Å². The molecule has 2 heteroatoms. The molecule has 0 spiro atoms. The molecule has 0 bridgehead atoms. The zero-order valence-corrected chi connectivity index (χ0v) is 10.1.